The summed E-state index contributed by atoms with van der Waals surface area (Å²) in [6, 6.07) is 1.75. The summed E-state index contributed by atoms with van der Waals surface area (Å²) in [6.07, 6.45) is 7.55. The first-order valence-electron chi connectivity index (χ1n) is 7.57. The predicted octanol–water partition coefficient (Wildman–Crippen LogP) is 2.96. The number of hydrogen-bond donors (Lipinski definition) is 1. The zero-order valence-corrected chi connectivity index (χ0v) is 13.1. The topological polar surface area (TPSA) is 71.5 Å². The summed E-state index contributed by atoms with van der Waals surface area (Å²) in [6.45, 7) is 2.24. The monoisotopic (exact) mass is 312 g/mol. The van der Waals surface area contributed by atoms with Crippen LogP contribution in [0.2, 0.25) is 0 Å². The van der Waals surface area contributed by atoms with E-state index in [1.807, 2.05) is 0 Å². The first-order valence-corrected chi connectivity index (χ1v) is 8.39. The highest BCUT2D eigenvalue weighted by Gasteiger charge is 2.24. The molecule has 22 heavy (non-hydrogen) atoms. The van der Waals surface area contributed by atoms with Crippen LogP contribution in [0, 0.1) is 5.92 Å². The number of H-pyrrole nitrogens is 1. The molecule has 3 heterocycles. The van der Waals surface area contributed by atoms with Gasteiger partial charge >= 0.3 is 0 Å². The molecule has 0 saturated heterocycles. The van der Waals surface area contributed by atoms with Gasteiger partial charge in [0.2, 0.25) is 0 Å². The summed E-state index contributed by atoms with van der Waals surface area (Å²) in [5.74, 6) is 1.26. The first-order chi connectivity index (χ1) is 10.8. The zero-order valence-electron chi connectivity index (χ0n) is 12.3. The van der Waals surface area contributed by atoms with E-state index in [0.29, 0.717) is 11.5 Å². The van der Waals surface area contributed by atoms with Gasteiger partial charge in [-0.15, -0.1) is 11.3 Å². The van der Waals surface area contributed by atoms with E-state index in [1.54, 1.807) is 23.6 Å². The number of nitrogens with zero attached hydrogens (tertiary/aromatic N) is 3. The standard InChI is InChI=1S/C16H16N4OS/c1-2-9-3-4-10-12(7-9)22-16-13(10)15(21)19-14(20-16)11-5-6-17-8-18-11/h5-6,8-9H,2-4,7H2,1H3,(H,19,20,21)/t9-/m1/s1. The second kappa shape index (κ2) is 5.28. The molecule has 4 rings (SSSR count). The number of fused-ring (bicyclic) bond motifs is 3. The Labute approximate surface area is 131 Å². The van der Waals surface area contributed by atoms with Gasteiger partial charge in [0.1, 0.15) is 16.9 Å². The lowest BCUT2D eigenvalue weighted by Gasteiger charge is -2.20. The van der Waals surface area contributed by atoms with Gasteiger partial charge in [-0.25, -0.2) is 15.0 Å². The van der Waals surface area contributed by atoms with Crippen LogP contribution in [0.15, 0.2) is 23.4 Å². The molecule has 0 bridgehead atoms. The first kappa shape index (κ1) is 13.6. The van der Waals surface area contributed by atoms with Crippen molar-refractivity contribution in [2.75, 3.05) is 0 Å². The lowest BCUT2D eigenvalue weighted by molar-refractivity contribution is 0.451. The van der Waals surface area contributed by atoms with Crippen molar-refractivity contribution in [1.29, 1.82) is 0 Å². The molecule has 0 amide bonds. The summed E-state index contributed by atoms with van der Waals surface area (Å²) < 4.78 is 0. The Morgan fingerprint density at radius 2 is 2.36 bits per heavy atom. The number of aryl methyl sites for hydroxylation is 1. The molecule has 112 valence electrons. The van der Waals surface area contributed by atoms with Gasteiger partial charge < -0.3 is 4.98 Å². The maximum absolute atomic E-state index is 12.5. The molecule has 0 aromatic carbocycles. The Hall–Kier alpha value is -2.08. The molecule has 0 saturated carbocycles. The Morgan fingerprint density at radius 1 is 1.45 bits per heavy atom. The largest absolute Gasteiger partial charge is 0.305 e. The summed E-state index contributed by atoms with van der Waals surface area (Å²) in [5.41, 5.74) is 1.81. The molecule has 3 aromatic heterocycles. The lowest BCUT2D eigenvalue weighted by Crippen LogP contribution is -2.14. The molecule has 5 nitrogen and oxygen atoms in total. The number of hydrogen-bond acceptors (Lipinski definition) is 5. The van der Waals surface area contributed by atoms with Crippen LogP contribution in [0.1, 0.15) is 30.2 Å². The summed E-state index contributed by atoms with van der Waals surface area (Å²) in [7, 11) is 0. The number of aromatic amines is 1. The van der Waals surface area contributed by atoms with Crippen molar-refractivity contribution >= 4 is 21.6 Å². The van der Waals surface area contributed by atoms with E-state index in [0.717, 1.165) is 29.0 Å². The van der Waals surface area contributed by atoms with Crippen LogP contribution in [0.4, 0.5) is 0 Å². The van der Waals surface area contributed by atoms with Gasteiger partial charge in [-0.3, -0.25) is 4.79 Å². The highest BCUT2D eigenvalue weighted by molar-refractivity contribution is 7.18. The van der Waals surface area contributed by atoms with Crippen molar-refractivity contribution in [3.63, 3.8) is 0 Å². The number of thiophene rings is 1. The average Bonchev–Trinajstić information content (AvgIpc) is 2.93. The van der Waals surface area contributed by atoms with Crippen LogP contribution in [-0.2, 0) is 12.8 Å². The van der Waals surface area contributed by atoms with Crippen molar-refractivity contribution in [3.8, 4) is 11.5 Å². The molecule has 0 radical (unpaired) electrons. The lowest BCUT2D eigenvalue weighted by atomic mass is 9.86. The van der Waals surface area contributed by atoms with Crippen molar-refractivity contribution in [3.05, 3.63) is 39.4 Å². The number of rotatable bonds is 2. The van der Waals surface area contributed by atoms with Gasteiger partial charge in [0, 0.05) is 11.1 Å². The minimum atomic E-state index is -0.0499. The molecule has 6 heteroatoms. The van der Waals surface area contributed by atoms with Crippen LogP contribution < -0.4 is 5.56 Å². The molecule has 0 aliphatic heterocycles. The van der Waals surface area contributed by atoms with Gasteiger partial charge in [0.05, 0.1) is 5.39 Å². The molecule has 1 aliphatic carbocycles. The molecular weight excluding hydrogens is 296 g/mol. The van der Waals surface area contributed by atoms with Gasteiger partial charge in [0.15, 0.2) is 5.82 Å². The Balaban J connectivity index is 1.88. The van der Waals surface area contributed by atoms with Gasteiger partial charge in [-0.2, -0.15) is 0 Å². The third-order valence-electron chi connectivity index (χ3n) is 4.42. The SMILES string of the molecule is CC[C@@H]1CCc2c(sc3nc(-c4ccncn4)[nH]c(=O)c23)C1. The zero-order chi connectivity index (χ0) is 15.1. The summed E-state index contributed by atoms with van der Waals surface area (Å²) in [5, 5.41) is 0.785. The summed E-state index contributed by atoms with van der Waals surface area (Å²) >= 11 is 1.67. The molecule has 1 N–H and O–H groups in total. The van der Waals surface area contributed by atoms with Crippen molar-refractivity contribution in [2.45, 2.75) is 32.6 Å². The Morgan fingerprint density at radius 3 is 3.14 bits per heavy atom. The van der Waals surface area contributed by atoms with E-state index in [4.69, 9.17) is 0 Å². The average molecular weight is 312 g/mol. The van der Waals surface area contributed by atoms with Gasteiger partial charge in [-0.1, -0.05) is 13.3 Å². The second-order valence-corrected chi connectivity index (χ2v) is 6.79. The predicted molar refractivity (Wildman–Crippen MR) is 87.1 cm³/mol. The van der Waals surface area contributed by atoms with E-state index < -0.39 is 0 Å². The van der Waals surface area contributed by atoms with Crippen LogP contribution >= 0.6 is 11.3 Å². The van der Waals surface area contributed by atoms with E-state index in [-0.39, 0.29) is 5.56 Å². The maximum atomic E-state index is 12.5. The molecule has 0 fully saturated rings. The maximum Gasteiger partial charge on any atom is 0.260 e. The van der Waals surface area contributed by atoms with E-state index >= 15 is 0 Å². The van der Waals surface area contributed by atoms with E-state index in [1.165, 1.54) is 29.6 Å². The van der Waals surface area contributed by atoms with Gasteiger partial charge in [-0.05, 0) is 36.8 Å². The number of nitrogens with one attached hydrogen (secondary N) is 1. The normalized spacial score (nSPS) is 17.6. The third-order valence-corrected chi connectivity index (χ3v) is 5.57. The summed E-state index contributed by atoms with van der Waals surface area (Å²) in [4.78, 5) is 30.3. The fourth-order valence-electron chi connectivity index (χ4n) is 3.15. The minimum Gasteiger partial charge on any atom is -0.305 e. The quantitative estimate of drug-likeness (QED) is 0.789. The molecule has 1 atom stereocenters. The van der Waals surface area contributed by atoms with Crippen molar-refractivity contribution in [2.24, 2.45) is 5.92 Å². The minimum absolute atomic E-state index is 0.0499. The highest BCUT2D eigenvalue weighted by atomic mass is 32.1. The smallest absolute Gasteiger partial charge is 0.260 e. The second-order valence-electron chi connectivity index (χ2n) is 5.71. The molecule has 0 unspecified atom stereocenters. The van der Waals surface area contributed by atoms with E-state index in [9.17, 15) is 4.79 Å². The molecule has 1 aliphatic rings. The van der Waals surface area contributed by atoms with E-state index in [2.05, 4.69) is 26.9 Å². The van der Waals surface area contributed by atoms with Gasteiger partial charge in [0.25, 0.3) is 5.56 Å². The third kappa shape index (κ3) is 2.14. The fourth-order valence-corrected chi connectivity index (χ4v) is 4.49. The van der Waals surface area contributed by atoms with Crippen molar-refractivity contribution < 1.29 is 0 Å². The van der Waals surface area contributed by atoms with Crippen LogP contribution in [0.25, 0.3) is 21.7 Å². The molecule has 3 aromatic rings. The highest BCUT2D eigenvalue weighted by Crippen LogP contribution is 2.37. The van der Waals surface area contributed by atoms with Crippen molar-refractivity contribution in [1.82, 2.24) is 19.9 Å². The van der Waals surface area contributed by atoms with Crippen LogP contribution in [-0.4, -0.2) is 19.9 Å². The Bertz CT molecular complexity index is 884. The number of aromatic nitrogens is 4. The Kier molecular flexibility index (Phi) is 3.26. The fraction of sp³-hybridized carbons (Fsp3) is 0.375. The van der Waals surface area contributed by atoms with Crippen LogP contribution in [0.3, 0.4) is 0 Å². The van der Waals surface area contributed by atoms with Crippen LogP contribution in [0.5, 0.6) is 0 Å². The molecular formula is C16H16N4OS. The molecule has 0 spiro atoms.